The van der Waals surface area contributed by atoms with Gasteiger partial charge in [0, 0.05) is 12.5 Å². The van der Waals surface area contributed by atoms with Crippen LogP contribution in [-0.2, 0) is 4.79 Å². The van der Waals surface area contributed by atoms with Crippen molar-refractivity contribution < 1.29 is 9.21 Å². The molecule has 0 aliphatic heterocycles. The van der Waals surface area contributed by atoms with Gasteiger partial charge >= 0.3 is 0 Å². The molecule has 0 saturated heterocycles. The van der Waals surface area contributed by atoms with Crippen LogP contribution in [0.1, 0.15) is 31.1 Å². The zero-order chi connectivity index (χ0) is 14.5. The fourth-order valence-corrected chi connectivity index (χ4v) is 3.01. The summed E-state index contributed by atoms with van der Waals surface area (Å²) in [6, 6.07) is 3.87. The average molecular weight is 279 g/mol. The fourth-order valence-electron chi connectivity index (χ4n) is 3.01. The van der Waals surface area contributed by atoms with Crippen LogP contribution in [0.5, 0.6) is 0 Å². The molecule has 1 aromatic rings. The third-order valence-electron chi connectivity index (χ3n) is 4.26. The maximum atomic E-state index is 12.3. The molecule has 1 fully saturated rings. The van der Waals surface area contributed by atoms with Crippen LogP contribution in [0.25, 0.3) is 0 Å². The maximum Gasteiger partial charge on any atom is 0.223 e. The number of nitrogens with two attached hydrogens (primary N) is 1. The Bertz CT molecular complexity index is 417. The highest BCUT2D eigenvalue weighted by molar-refractivity contribution is 5.79. The number of carbonyl (C=O) groups is 1. The van der Waals surface area contributed by atoms with E-state index in [1.54, 1.807) is 6.26 Å². The molecule has 112 valence electrons. The summed E-state index contributed by atoms with van der Waals surface area (Å²) in [5, 5.41) is 3.06. The number of hydrogen-bond acceptors (Lipinski definition) is 4. The van der Waals surface area contributed by atoms with Gasteiger partial charge in [-0.05, 0) is 51.5 Å². The van der Waals surface area contributed by atoms with E-state index in [2.05, 4.69) is 5.32 Å². The van der Waals surface area contributed by atoms with Crippen molar-refractivity contribution in [2.45, 2.75) is 25.3 Å². The Hall–Kier alpha value is -1.33. The quantitative estimate of drug-likeness (QED) is 0.825. The van der Waals surface area contributed by atoms with Crippen molar-refractivity contribution in [2.24, 2.45) is 17.6 Å². The highest BCUT2D eigenvalue weighted by atomic mass is 16.3. The number of rotatable bonds is 6. The molecule has 1 heterocycles. The number of nitrogens with zero attached hydrogens (tertiary/aromatic N) is 1. The summed E-state index contributed by atoms with van der Waals surface area (Å²) in [7, 11) is 3.97. The van der Waals surface area contributed by atoms with E-state index in [1.165, 1.54) is 0 Å². The lowest BCUT2D eigenvalue weighted by atomic mass is 9.95. The van der Waals surface area contributed by atoms with E-state index in [-0.39, 0.29) is 17.9 Å². The monoisotopic (exact) mass is 279 g/mol. The van der Waals surface area contributed by atoms with E-state index < -0.39 is 0 Å². The SMILES string of the molecule is CN(C)C(CNC(=O)C1CCCC1CN)c1ccco1. The van der Waals surface area contributed by atoms with Crippen molar-refractivity contribution in [1.82, 2.24) is 10.2 Å². The zero-order valence-electron chi connectivity index (χ0n) is 12.3. The molecule has 5 nitrogen and oxygen atoms in total. The lowest BCUT2D eigenvalue weighted by Gasteiger charge is -2.24. The van der Waals surface area contributed by atoms with Crippen molar-refractivity contribution in [3.63, 3.8) is 0 Å². The Kier molecular flexibility index (Phi) is 5.20. The number of hydrogen-bond donors (Lipinski definition) is 2. The predicted molar refractivity (Wildman–Crippen MR) is 78.0 cm³/mol. The summed E-state index contributed by atoms with van der Waals surface area (Å²) in [5.74, 6) is 1.43. The molecule has 0 aromatic carbocycles. The van der Waals surface area contributed by atoms with Crippen LogP contribution in [0.2, 0.25) is 0 Å². The van der Waals surface area contributed by atoms with Gasteiger partial charge < -0.3 is 15.5 Å². The third kappa shape index (κ3) is 3.41. The van der Waals surface area contributed by atoms with Crippen molar-refractivity contribution in [1.29, 1.82) is 0 Å². The highest BCUT2D eigenvalue weighted by Gasteiger charge is 2.32. The topological polar surface area (TPSA) is 71.5 Å². The fraction of sp³-hybridized carbons (Fsp3) is 0.667. The molecule has 0 bridgehead atoms. The molecule has 1 aliphatic carbocycles. The van der Waals surface area contributed by atoms with Crippen molar-refractivity contribution in [2.75, 3.05) is 27.2 Å². The first kappa shape index (κ1) is 15.1. The Morgan fingerprint density at radius 3 is 2.95 bits per heavy atom. The summed E-state index contributed by atoms with van der Waals surface area (Å²) < 4.78 is 5.44. The summed E-state index contributed by atoms with van der Waals surface area (Å²) in [5.41, 5.74) is 5.74. The molecule has 1 amide bonds. The molecular weight excluding hydrogens is 254 g/mol. The highest BCUT2D eigenvalue weighted by Crippen LogP contribution is 2.31. The first-order valence-electron chi connectivity index (χ1n) is 7.31. The third-order valence-corrected chi connectivity index (χ3v) is 4.26. The first-order valence-corrected chi connectivity index (χ1v) is 7.31. The Morgan fingerprint density at radius 2 is 2.35 bits per heavy atom. The van der Waals surface area contributed by atoms with Crippen LogP contribution < -0.4 is 11.1 Å². The molecule has 5 heteroatoms. The molecule has 3 atom stereocenters. The van der Waals surface area contributed by atoms with E-state index in [4.69, 9.17) is 10.2 Å². The average Bonchev–Trinajstić information content (AvgIpc) is 3.09. The summed E-state index contributed by atoms with van der Waals surface area (Å²) in [4.78, 5) is 14.3. The molecule has 1 aliphatic rings. The van der Waals surface area contributed by atoms with Crippen molar-refractivity contribution in [3.8, 4) is 0 Å². The van der Waals surface area contributed by atoms with E-state index >= 15 is 0 Å². The number of likely N-dealkylation sites (N-methyl/N-ethyl adjacent to an activating group) is 1. The van der Waals surface area contributed by atoms with Gasteiger partial charge in [0.15, 0.2) is 0 Å². The molecule has 0 radical (unpaired) electrons. The van der Waals surface area contributed by atoms with Gasteiger partial charge in [-0.1, -0.05) is 6.42 Å². The molecule has 3 unspecified atom stereocenters. The van der Waals surface area contributed by atoms with Gasteiger partial charge in [0.25, 0.3) is 0 Å². The van der Waals surface area contributed by atoms with E-state index in [0.29, 0.717) is 19.0 Å². The van der Waals surface area contributed by atoms with Crippen molar-refractivity contribution in [3.05, 3.63) is 24.2 Å². The second kappa shape index (κ2) is 6.90. The summed E-state index contributed by atoms with van der Waals surface area (Å²) >= 11 is 0. The van der Waals surface area contributed by atoms with E-state index in [9.17, 15) is 4.79 Å². The van der Waals surface area contributed by atoms with Gasteiger partial charge in [0.2, 0.25) is 5.91 Å². The van der Waals surface area contributed by atoms with Crippen LogP contribution in [-0.4, -0.2) is 38.0 Å². The molecule has 0 spiro atoms. The molecule has 1 aromatic heterocycles. The predicted octanol–water partition coefficient (Wildman–Crippen LogP) is 1.37. The molecule has 1 saturated carbocycles. The smallest absolute Gasteiger partial charge is 0.223 e. The minimum atomic E-state index is 0.0617. The van der Waals surface area contributed by atoms with Crippen LogP contribution in [0.3, 0.4) is 0 Å². The second-order valence-electron chi connectivity index (χ2n) is 5.77. The van der Waals surface area contributed by atoms with Gasteiger partial charge in [-0.25, -0.2) is 0 Å². The lowest BCUT2D eigenvalue weighted by molar-refractivity contribution is -0.126. The van der Waals surface area contributed by atoms with Gasteiger partial charge in [-0.3, -0.25) is 9.69 Å². The Balaban J connectivity index is 1.91. The van der Waals surface area contributed by atoms with Crippen LogP contribution in [0.4, 0.5) is 0 Å². The van der Waals surface area contributed by atoms with E-state index in [0.717, 1.165) is 25.0 Å². The first-order chi connectivity index (χ1) is 9.63. The largest absolute Gasteiger partial charge is 0.468 e. The Labute approximate surface area is 120 Å². The van der Waals surface area contributed by atoms with Crippen LogP contribution in [0, 0.1) is 11.8 Å². The second-order valence-corrected chi connectivity index (χ2v) is 5.77. The van der Waals surface area contributed by atoms with Gasteiger partial charge in [0.05, 0.1) is 12.3 Å². The number of carbonyl (C=O) groups excluding carboxylic acids is 1. The lowest BCUT2D eigenvalue weighted by Crippen LogP contribution is -2.39. The maximum absolute atomic E-state index is 12.3. The molecule has 20 heavy (non-hydrogen) atoms. The number of nitrogens with one attached hydrogen (secondary N) is 1. The minimum absolute atomic E-state index is 0.0617. The normalized spacial score (nSPS) is 24.0. The van der Waals surface area contributed by atoms with Crippen LogP contribution >= 0.6 is 0 Å². The molecule has 2 rings (SSSR count). The van der Waals surface area contributed by atoms with Gasteiger partial charge in [0.1, 0.15) is 5.76 Å². The Morgan fingerprint density at radius 1 is 1.55 bits per heavy atom. The standard InChI is InChI=1S/C15H25N3O2/c1-18(2)13(14-7-4-8-20-14)10-17-15(19)12-6-3-5-11(12)9-16/h4,7-8,11-13H,3,5-6,9-10,16H2,1-2H3,(H,17,19). The number of furan rings is 1. The summed E-state index contributed by atoms with van der Waals surface area (Å²) in [6.07, 6.45) is 4.80. The summed E-state index contributed by atoms with van der Waals surface area (Å²) in [6.45, 7) is 1.17. The zero-order valence-corrected chi connectivity index (χ0v) is 12.3. The van der Waals surface area contributed by atoms with Gasteiger partial charge in [-0.15, -0.1) is 0 Å². The van der Waals surface area contributed by atoms with Crippen LogP contribution in [0.15, 0.2) is 22.8 Å². The number of amides is 1. The minimum Gasteiger partial charge on any atom is -0.468 e. The molecular formula is C15H25N3O2. The van der Waals surface area contributed by atoms with Crippen molar-refractivity contribution >= 4 is 5.91 Å². The van der Waals surface area contributed by atoms with E-state index in [1.807, 2.05) is 31.1 Å². The molecule has 3 N–H and O–H groups in total. The van der Waals surface area contributed by atoms with Gasteiger partial charge in [-0.2, -0.15) is 0 Å².